The minimum absolute atomic E-state index is 0.420. The van der Waals surface area contributed by atoms with E-state index in [9.17, 15) is 8.42 Å². The molecule has 1 fully saturated rings. The first-order valence-corrected chi connectivity index (χ1v) is 6.26. The molecule has 3 N–H and O–H groups in total. The fraction of sp³-hybridized carbons (Fsp3) is 1.00. The van der Waals surface area contributed by atoms with Crippen LogP contribution in [0.1, 0.15) is 12.8 Å². The van der Waals surface area contributed by atoms with Crippen LogP contribution in [0.5, 0.6) is 0 Å². The quantitative estimate of drug-likeness (QED) is 0.538. The van der Waals surface area contributed by atoms with Crippen LogP contribution in [0, 0.1) is 0 Å². The lowest BCUT2D eigenvalue weighted by Crippen LogP contribution is -2.45. The van der Waals surface area contributed by atoms with Gasteiger partial charge in [-0.25, -0.2) is 5.14 Å². The molecule has 5 nitrogen and oxygen atoms in total. The standard InChI is InChI=1S/C5H12IN3O2S/c6-8-5-1-3-9(4-2-5)12(7,10)11/h5,8H,1-4H2,(H2,7,10,11). The number of hydrogen-bond donors (Lipinski definition) is 2. The van der Waals surface area contributed by atoms with E-state index in [4.69, 9.17) is 5.14 Å². The predicted octanol–water partition coefficient (Wildman–Crippen LogP) is -0.406. The van der Waals surface area contributed by atoms with Gasteiger partial charge in [-0.05, 0) is 12.8 Å². The molecule has 0 amide bonds. The van der Waals surface area contributed by atoms with Crippen molar-refractivity contribution in [2.24, 2.45) is 5.14 Å². The molecular formula is C5H12IN3O2S. The van der Waals surface area contributed by atoms with E-state index in [1.54, 1.807) is 0 Å². The molecule has 0 bridgehead atoms. The molecule has 0 aromatic carbocycles. The van der Waals surface area contributed by atoms with Crippen LogP contribution < -0.4 is 8.67 Å². The van der Waals surface area contributed by atoms with E-state index in [2.05, 4.69) is 26.4 Å². The SMILES string of the molecule is NS(=O)(=O)N1CCC(NI)CC1. The number of nitrogens with zero attached hydrogens (tertiary/aromatic N) is 1. The molecule has 0 atom stereocenters. The molecule has 0 aromatic rings. The Balaban J connectivity index is 2.47. The molecule has 1 heterocycles. The summed E-state index contributed by atoms with van der Waals surface area (Å²) in [6.07, 6.45) is 1.67. The van der Waals surface area contributed by atoms with Gasteiger partial charge in [0.05, 0.1) is 0 Å². The van der Waals surface area contributed by atoms with Crippen molar-refractivity contribution in [3.63, 3.8) is 0 Å². The average Bonchev–Trinajstić information content (AvgIpc) is 2.03. The zero-order valence-electron chi connectivity index (χ0n) is 6.53. The van der Waals surface area contributed by atoms with E-state index in [0.29, 0.717) is 19.1 Å². The Labute approximate surface area is 86.4 Å². The molecule has 0 unspecified atom stereocenters. The Bertz CT molecular complexity index is 235. The molecule has 1 saturated heterocycles. The molecule has 12 heavy (non-hydrogen) atoms. The number of halogens is 1. The van der Waals surface area contributed by atoms with Crippen molar-refractivity contribution < 1.29 is 8.42 Å². The van der Waals surface area contributed by atoms with Gasteiger partial charge in [-0.3, -0.25) is 3.53 Å². The summed E-state index contributed by atoms with van der Waals surface area (Å²) in [6.45, 7) is 1.05. The number of nitrogens with one attached hydrogen (secondary N) is 1. The topological polar surface area (TPSA) is 75.4 Å². The molecular weight excluding hydrogens is 293 g/mol. The minimum atomic E-state index is -3.45. The van der Waals surface area contributed by atoms with E-state index in [-0.39, 0.29) is 0 Å². The van der Waals surface area contributed by atoms with Gasteiger partial charge >= 0.3 is 0 Å². The highest BCUT2D eigenvalue weighted by Gasteiger charge is 2.24. The molecule has 0 saturated carbocycles. The second kappa shape index (κ2) is 4.18. The lowest BCUT2D eigenvalue weighted by molar-refractivity contribution is 0.315. The lowest BCUT2D eigenvalue weighted by Gasteiger charge is -2.28. The third-order valence-corrected chi connectivity index (χ3v) is 3.93. The predicted molar refractivity (Wildman–Crippen MR) is 54.9 cm³/mol. The number of rotatable bonds is 2. The summed E-state index contributed by atoms with van der Waals surface area (Å²) in [6, 6.07) is 0.420. The summed E-state index contributed by atoms with van der Waals surface area (Å²) in [5.74, 6) is 0. The summed E-state index contributed by atoms with van der Waals surface area (Å²) >= 11 is 2.09. The van der Waals surface area contributed by atoms with E-state index in [1.807, 2.05) is 0 Å². The molecule has 0 aromatic heterocycles. The van der Waals surface area contributed by atoms with Gasteiger partial charge in [0.15, 0.2) is 0 Å². The van der Waals surface area contributed by atoms with Gasteiger partial charge in [0.2, 0.25) is 0 Å². The summed E-state index contributed by atoms with van der Waals surface area (Å²) in [7, 11) is -3.45. The Morgan fingerprint density at radius 3 is 2.25 bits per heavy atom. The van der Waals surface area contributed by atoms with Crippen molar-refractivity contribution >= 4 is 33.1 Å². The average molecular weight is 305 g/mol. The second-order valence-corrected chi connectivity index (χ2v) is 5.00. The van der Waals surface area contributed by atoms with Crippen LogP contribution in [0.3, 0.4) is 0 Å². The smallest absolute Gasteiger partial charge is 0.258 e. The van der Waals surface area contributed by atoms with Crippen molar-refractivity contribution in [3.8, 4) is 0 Å². The Hall–Kier alpha value is 0.560. The number of piperidine rings is 1. The number of hydrogen-bond acceptors (Lipinski definition) is 3. The molecule has 7 heteroatoms. The maximum absolute atomic E-state index is 10.9. The highest BCUT2D eigenvalue weighted by Crippen LogP contribution is 2.12. The first-order chi connectivity index (χ1) is 5.54. The molecule has 1 aliphatic heterocycles. The van der Waals surface area contributed by atoms with Gasteiger partial charge in [-0.15, -0.1) is 0 Å². The van der Waals surface area contributed by atoms with Gasteiger partial charge in [-0.2, -0.15) is 12.7 Å². The first-order valence-electron chi connectivity index (χ1n) is 3.68. The largest absolute Gasteiger partial charge is 0.276 e. The molecule has 0 aliphatic carbocycles. The molecule has 72 valence electrons. The van der Waals surface area contributed by atoms with Crippen LogP contribution in [0.2, 0.25) is 0 Å². The monoisotopic (exact) mass is 305 g/mol. The zero-order valence-corrected chi connectivity index (χ0v) is 9.51. The molecule has 0 radical (unpaired) electrons. The van der Waals surface area contributed by atoms with Crippen molar-refractivity contribution in [3.05, 3.63) is 0 Å². The molecule has 1 rings (SSSR count). The van der Waals surface area contributed by atoms with Crippen molar-refractivity contribution in [2.45, 2.75) is 18.9 Å². The Morgan fingerprint density at radius 2 is 1.92 bits per heavy atom. The maximum atomic E-state index is 10.9. The van der Waals surface area contributed by atoms with Gasteiger partial charge in [0.1, 0.15) is 0 Å². The van der Waals surface area contributed by atoms with E-state index in [1.165, 1.54) is 4.31 Å². The second-order valence-electron chi connectivity index (χ2n) is 2.83. The van der Waals surface area contributed by atoms with Crippen LogP contribution >= 0.6 is 22.9 Å². The van der Waals surface area contributed by atoms with Crippen molar-refractivity contribution in [1.29, 1.82) is 0 Å². The number of nitrogens with two attached hydrogens (primary N) is 1. The third-order valence-electron chi connectivity index (χ3n) is 1.97. The summed E-state index contributed by atoms with van der Waals surface area (Å²) < 4.78 is 26.1. The first kappa shape index (κ1) is 10.6. The lowest BCUT2D eigenvalue weighted by atomic mass is 10.1. The van der Waals surface area contributed by atoms with E-state index >= 15 is 0 Å². The highest BCUT2D eigenvalue weighted by molar-refractivity contribution is 14.1. The van der Waals surface area contributed by atoms with E-state index in [0.717, 1.165) is 12.8 Å². The fourth-order valence-corrected chi connectivity index (χ4v) is 2.56. The maximum Gasteiger partial charge on any atom is 0.276 e. The highest BCUT2D eigenvalue weighted by atomic mass is 127. The fourth-order valence-electron chi connectivity index (χ4n) is 1.22. The van der Waals surface area contributed by atoms with Crippen LogP contribution in [-0.2, 0) is 10.2 Å². The van der Waals surface area contributed by atoms with Gasteiger partial charge < -0.3 is 0 Å². The zero-order chi connectivity index (χ0) is 9.19. The Morgan fingerprint density at radius 1 is 1.42 bits per heavy atom. The van der Waals surface area contributed by atoms with Crippen molar-refractivity contribution in [2.75, 3.05) is 13.1 Å². The van der Waals surface area contributed by atoms with Gasteiger partial charge in [-0.1, -0.05) is 0 Å². The summed E-state index contributed by atoms with van der Waals surface area (Å²) in [5, 5.41) is 4.97. The van der Waals surface area contributed by atoms with Crippen LogP contribution in [0.25, 0.3) is 0 Å². The van der Waals surface area contributed by atoms with Crippen molar-refractivity contribution in [1.82, 2.24) is 7.84 Å². The molecule has 1 aliphatic rings. The summed E-state index contributed by atoms with van der Waals surface area (Å²) in [5.41, 5.74) is 0. The van der Waals surface area contributed by atoms with Crippen LogP contribution in [0.4, 0.5) is 0 Å². The van der Waals surface area contributed by atoms with E-state index < -0.39 is 10.2 Å². The third kappa shape index (κ3) is 2.80. The minimum Gasteiger partial charge on any atom is -0.258 e. The van der Waals surface area contributed by atoms with Gasteiger partial charge in [0, 0.05) is 42.0 Å². The van der Waals surface area contributed by atoms with Crippen LogP contribution in [0.15, 0.2) is 0 Å². The van der Waals surface area contributed by atoms with Gasteiger partial charge in [0.25, 0.3) is 10.2 Å². The normalized spacial score (nSPS) is 22.8. The summed E-state index contributed by atoms with van der Waals surface area (Å²) in [4.78, 5) is 0. The Kier molecular flexibility index (Phi) is 3.71. The molecule has 0 spiro atoms. The van der Waals surface area contributed by atoms with Crippen LogP contribution in [-0.4, -0.2) is 31.9 Å².